The van der Waals surface area contributed by atoms with Crippen LogP contribution in [0.5, 0.6) is 5.75 Å². The van der Waals surface area contributed by atoms with Gasteiger partial charge in [-0.2, -0.15) is 0 Å². The zero-order chi connectivity index (χ0) is 41.5. The topological polar surface area (TPSA) is 9.23 Å². The second kappa shape index (κ2) is 15.5. The predicted molar refractivity (Wildman–Crippen MR) is 250 cm³/mol. The van der Waals surface area contributed by atoms with E-state index in [1.54, 1.807) is 50.1 Å². The fourth-order valence-corrected chi connectivity index (χ4v) is 32.0. The van der Waals surface area contributed by atoms with Gasteiger partial charge in [-0.15, -0.1) is 0 Å². The van der Waals surface area contributed by atoms with E-state index < -0.39 is 25.8 Å². The molecule has 0 aromatic heterocycles. The Labute approximate surface area is 358 Å². The summed E-state index contributed by atoms with van der Waals surface area (Å²) in [4.78, 5) is 0. The van der Waals surface area contributed by atoms with Crippen molar-refractivity contribution in [1.29, 1.82) is 0 Å². The first-order valence-corrected chi connectivity index (χ1v) is 30.8. The first-order valence-electron chi connectivity index (χ1n) is 21.8. The normalized spacial score (nSPS) is 16.9. The van der Waals surface area contributed by atoms with Gasteiger partial charge in [0.2, 0.25) is 0 Å². The second-order valence-corrected chi connectivity index (χ2v) is 37.3. The number of methoxy groups -OCH3 is 1. The molecule has 0 spiro atoms. The molecule has 3 heteroatoms. The van der Waals surface area contributed by atoms with Gasteiger partial charge in [-0.05, 0) is 0 Å². The third-order valence-electron chi connectivity index (χ3n) is 13.3. The van der Waals surface area contributed by atoms with Gasteiger partial charge in [-0.1, -0.05) is 0 Å². The SMILES string of the molecule is CCC1=Cc2c(cc(C(C)(C)C)c(OC)c2-c2cc(C)cc(C)c2)[CH]1[Zr]([CH]1C(C)=Cc2c(-c3cc(C)cc(C)c3)c3c(c(-c4cc(C)cc(C)c4)c21)CCC3)=[Si](C)C. The number of hydrogen-bond donors (Lipinski definition) is 0. The van der Waals surface area contributed by atoms with Crippen LogP contribution in [0.4, 0.5) is 0 Å². The molecule has 5 aromatic rings. The molecule has 5 aromatic carbocycles. The molecule has 8 rings (SSSR count). The molecule has 3 aliphatic rings. The van der Waals surface area contributed by atoms with Gasteiger partial charge >= 0.3 is 361 Å². The van der Waals surface area contributed by atoms with Crippen LogP contribution in [-0.4, -0.2) is 12.5 Å². The van der Waals surface area contributed by atoms with Crippen LogP contribution in [0.25, 0.3) is 45.5 Å². The molecule has 0 bridgehead atoms. The molecule has 0 amide bonds. The van der Waals surface area contributed by atoms with Gasteiger partial charge in [-0.3, -0.25) is 0 Å². The Morgan fingerprint density at radius 2 is 1.10 bits per heavy atom. The van der Waals surface area contributed by atoms with Crippen molar-refractivity contribution < 1.29 is 25.1 Å². The fourth-order valence-electron chi connectivity index (χ4n) is 11.3. The third-order valence-corrected chi connectivity index (χ3v) is 32.9. The minimum absolute atomic E-state index is 0.0728. The number of allylic oxidation sites excluding steroid dienone is 2. The first-order chi connectivity index (χ1) is 27.5. The van der Waals surface area contributed by atoms with Gasteiger partial charge in [0.05, 0.1) is 0 Å². The number of aryl methyl sites for hydroxylation is 6. The zero-order valence-corrected chi connectivity index (χ0v) is 41.3. The second-order valence-electron chi connectivity index (χ2n) is 19.4. The van der Waals surface area contributed by atoms with Gasteiger partial charge in [0.25, 0.3) is 0 Å². The van der Waals surface area contributed by atoms with E-state index in [0.29, 0.717) is 7.25 Å². The number of benzene rings is 5. The van der Waals surface area contributed by atoms with Crippen LogP contribution in [0.1, 0.15) is 127 Å². The van der Waals surface area contributed by atoms with E-state index in [2.05, 4.69) is 162 Å². The molecule has 3 aliphatic carbocycles. The summed E-state index contributed by atoms with van der Waals surface area (Å²) in [5, 5.41) is 0. The molecule has 0 N–H and O–H groups in total. The molecule has 1 nitrogen and oxygen atoms in total. The summed E-state index contributed by atoms with van der Waals surface area (Å²) in [7, 11) is 1.89. The summed E-state index contributed by atoms with van der Waals surface area (Å²) >= 11 is -2.55. The molecule has 2 atom stereocenters. The first kappa shape index (κ1) is 41.2. The van der Waals surface area contributed by atoms with Crippen molar-refractivity contribution in [2.75, 3.05) is 7.11 Å². The van der Waals surface area contributed by atoms with Crippen molar-refractivity contribution in [3.63, 3.8) is 0 Å². The van der Waals surface area contributed by atoms with E-state index in [-0.39, 0.29) is 5.41 Å². The van der Waals surface area contributed by atoms with E-state index in [0.717, 1.165) is 12.2 Å². The van der Waals surface area contributed by atoms with Crippen LogP contribution in [0.3, 0.4) is 0 Å². The average molecular weight is 860 g/mol. The number of ether oxygens (including phenoxy) is 1. The van der Waals surface area contributed by atoms with E-state index in [1.165, 1.54) is 86.0 Å². The monoisotopic (exact) mass is 858 g/mol. The maximum atomic E-state index is 6.52. The van der Waals surface area contributed by atoms with Crippen molar-refractivity contribution in [3.8, 4) is 39.1 Å². The number of rotatable bonds is 7. The van der Waals surface area contributed by atoms with Gasteiger partial charge in [0.15, 0.2) is 0 Å². The molecular weight excluding hydrogens is 796 g/mol. The maximum absolute atomic E-state index is 6.52. The molecule has 2 unspecified atom stereocenters. The third kappa shape index (κ3) is 7.05. The Balaban J connectivity index is 1.46. The summed E-state index contributed by atoms with van der Waals surface area (Å²) in [6.07, 6.45) is 10.0. The summed E-state index contributed by atoms with van der Waals surface area (Å²) in [5.41, 5.74) is 30.1. The Kier molecular flexibility index (Phi) is 11.0. The van der Waals surface area contributed by atoms with Crippen molar-refractivity contribution in [1.82, 2.24) is 0 Å². The van der Waals surface area contributed by atoms with Gasteiger partial charge in [-0.25, -0.2) is 0 Å². The van der Waals surface area contributed by atoms with Gasteiger partial charge in [0, 0.05) is 0 Å². The van der Waals surface area contributed by atoms with Crippen LogP contribution in [0, 0.1) is 41.5 Å². The Bertz CT molecular complexity index is 2580. The van der Waals surface area contributed by atoms with Crippen LogP contribution in [-0.2, 0) is 38.6 Å². The van der Waals surface area contributed by atoms with Crippen LogP contribution in [0.15, 0.2) is 71.8 Å². The summed E-state index contributed by atoms with van der Waals surface area (Å²) in [6, 6.07) is 24.4. The Morgan fingerprint density at radius 1 is 0.621 bits per heavy atom. The van der Waals surface area contributed by atoms with Crippen molar-refractivity contribution in [2.24, 2.45) is 0 Å². The van der Waals surface area contributed by atoms with E-state index in [4.69, 9.17) is 4.74 Å². The molecule has 0 aliphatic heterocycles. The quantitative estimate of drug-likeness (QED) is 0.148. The summed E-state index contributed by atoms with van der Waals surface area (Å²) in [5.74, 6) is 1.06. The predicted octanol–water partition coefficient (Wildman–Crippen LogP) is 15.2. The van der Waals surface area contributed by atoms with Crippen LogP contribution in [0.2, 0.25) is 13.1 Å². The van der Waals surface area contributed by atoms with Crippen LogP contribution >= 0.6 is 0 Å². The Hall–Kier alpha value is -3.52. The van der Waals surface area contributed by atoms with Crippen molar-refractivity contribution in [2.45, 2.75) is 128 Å². The average Bonchev–Trinajstić information content (AvgIpc) is 3.84. The Morgan fingerprint density at radius 3 is 1.57 bits per heavy atom. The van der Waals surface area contributed by atoms with E-state index in [9.17, 15) is 0 Å². The van der Waals surface area contributed by atoms with Gasteiger partial charge < -0.3 is 0 Å². The molecule has 298 valence electrons. The molecule has 0 radical (unpaired) electrons. The molecule has 0 saturated heterocycles. The number of fused-ring (bicyclic) bond motifs is 3. The van der Waals surface area contributed by atoms with Crippen LogP contribution < -0.4 is 4.74 Å². The summed E-state index contributed by atoms with van der Waals surface area (Å²) in [6.45, 7) is 31.1. The van der Waals surface area contributed by atoms with Crippen molar-refractivity contribution >= 4 is 17.6 Å². The van der Waals surface area contributed by atoms with E-state index >= 15 is 0 Å². The van der Waals surface area contributed by atoms with E-state index in [1.807, 2.05) is 7.11 Å². The molecule has 0 heterocycles. The zero-order valence-electron chi connectivity index (χ0n) is 37.8. The number of hydrogen-bond acceptors (Lipinski definition) is 1. The standard InChI is InChI=1S/C29H29.C24H29O.C2H6Si.Zr/c1-17-9-18(2)12-22(11-17)28-24-7-6-8-25(24)29(27-16-21(5)15-26(27)28)23-13-19(3)10-20(4)14-23;1-8-17-12-18-14-21(24(4,5)6)23(25-7)22(20(18)13-17)19-10-15(2)9-16(3)11-19;1-3-2;/h9-16H,6-8H2,1-5H3;9-14H,8H2,1-7H3;1-2H3;. The fraction of sp³-hybridized carbons (Fsp3) is 0.382. The van der Waals surface area contributed by atoms with Crippen molar-refractivity contribution in [3.05, 3.63) is 144 Å². The van der Waals surface area contributed by atoms with Gasteiger partial charge in [0.1, 0.15) is 0 Å². The molecular formula is C55H64OSiZr. The summed E-state index contributed by atoms with van der Waals surface area (Å²) < 4.78 is 7.56. The minimum atomic E-state index is -2.55. The molecule has 58 heavy (non-hydrogen) atoms. The molecule has 0 saturated carbocycles. The molecule has 0 fully saturated rings.